The summed E-state index contributed by atoms with van der Waals surface area (Å²) < 4.78 is 1.88. The second kappa shape index (κ2) is 8.22. The van der Waals surface area contributed by atoms with E-state index < -0.39 is 0 Å². The first-order chi connectivity index (χ1) is 14.1. The van der Waals surface area contributed by atoms with Crippen LogP contribution in [0.4, 0.5) is 17.2 Å². The Morgan fingerprint density at radius 1 is 1.07 bits per heavy atom. The van der Waals surface area contributed by atoms with Crippen molar-refractivity contribution in [3.8, 4) is 5.82 Å². The van der Waals surface area contributed by atoms with Crippen LogP contribution in [0, 0.1) is 12.8 Å². The second-order valence-electron chi connectivity index (χ2n) is 7.11. The van der Waals surface area contributed by atoms with Crippen molar-refractivity contribution in [2.45, 2.75) is 32.6 Å². The molecule has 0 bridgehead atoms. The van der Waals surface area contributed by atoms with Crippen molar-refractivity contribution in [2.75, 3.05) is 10.6 Å². The van der Waals surface area contributed by atoms with E-state index in [1.807, 2.05) is 48.0 Å². The average molecular weight is 390 g/mol. The van der Waals surface area contributed by atoms with Gasteiger partial charge in [-0.25, -0.2) is 15.0 Å². The number of imidazole rings is 1. The predicted molar refractivity (Wildman–Crippen MR) is 109 cm³/mol. The lowest BCUT2D eigenvalue weighted by Crippen LogP contribution is -2.27. The average Bonchev–Trinajstić information content (AvgIpc) is 3.16. The van der Waals surface area contributed by atoms with Crippen molar-refractivity contribution in [3.63, 3.8) is 0 Å². The highest BCUT2D eigenvalue weighted by Crippen LogP contribution is 2.24. The molecular formula is C21H22N6O2. The Balaban J connectivity index is 1.39. The zero-order valence-corrected chi connectivity index (χ0v) is 16.1. The van der Waals surface area contributed by atoms with E-state index in [4.69, 9.17) is 0 Å². The number of rotatable bonds is 5. The lowest BCUT2D eigenvalue weighted by molar-refractivity contribution is -0.125. The van der Waals surface area contributed by atoms with Gasteiger partial charge in [0.15, 0.2) is 0 Å². The minimum absolute atomic E-state index is 0.0191. The van der Waals surface area contributed by atoms with Gasteiger partial charge in [0.1, 0.15) is 29.6 Å². The van der Waals surface area contributed by atoms with Gasteiger partial charge >= 0.3 is 0 Å². The van der Waals surface area contributed by atoms with E-state index in [9.17, 15) is 9.59 Å². The second-order valence-corrected chi connectivity index (χ2v) is 7.11. The Morgan fingerprint density at radius 2 is 1.79 bits per heavy atom. The summed E-state index contributed by atoms with van der Waals surface area (Å²) in [4.78, 5) is 36.4. The van der Waals surface area contributed by atoms with E-state index in [2.05, 4.69) is 25.6 Å². The van der Waals surface area contributed by atoms with Gasteiger partial charge in [-0.05, 0) is 44.0 Å². The summed E-state index contributed by atoms with van der Waals surface area (Å²) in [6, 6.07) is 9.29. The summed E-state index contributed by atoms with van der Waals surface area (Å²) in [5, 5.41) is 6.18. The Morgan fingerprint density at radius 3 is 2.48 bits per heavy atom. The Kier molecular flexibility index (Phi) is 5.33. The van der Waals surface area contributed by atoms with Crippen LogP contribution in [0.1, 0.15) is 31.5 Å². The Labute approximate surface area is 168 Å². The molecule has 8 nitrogen and oxygen atoms in total. The third-order valence-electron chi connectivity index (χ3n) is 5.06. The van der Waals surface area contributed by atoms with Gasteiger partial charge in [-0.2, -0.15) is 0 Å². The normalized spacial score (nSPS) is 14.6. The molecule has 4 rings (SSSR count). The minimum atomic E-state index is -0.0865. The number of nitrogens with zero attached hydrogens (tertiary/aromatic N) is 4. The number of hydrogen-bond donors (Lipinski definition) is 2. The number of aryl methyl sites for hydroxylation is 1. The van der Waals surface area contributed by atoms with Gasteiger partial charge in [0.25, 0.3) is 0 Å². The fourth-order valence-electron chi connectivity index (χ4n) is 3.40. The van der Waals surface area contributed by atoms with Gasteiger partial charge in [-0.3, -0.25) is 14.2 Å². The quantitative estimate of drug-likeness (QED) is 0.692. The molecule has 0 saturated heterocycles. The topological polar surface area (TPSA) is 102 Å². The van der Waals surface area contributed by atoms with Crippen molar-refractivity contribution in [3.05, 3.63) is 54.9 Å². The number of benzene rings is 1. The van der Waals surface area contributed by atoms with Gasteiger partial charge in [-0.1, -0.05) is 0 Å². The smallest absolute Gasteiger partial charge is 0.227 e. The van der Waals surface area contributed by atoms with Crippen LogP contribution < -0.4 is 10.6 Å². The highest BCUT2D eigenvalue weighted by Gasteiger charge is 2.24. The number of ketones is 1. The maximum atomic E-state index is 12.4. The fraction of sp³-hybridized carbons (Fsp3) is 0.286. The number of anilines is 3. The summed E-state index contributed by atoms with van der Waals surface area (Å²) in [6.45, 7) is 1.91. The molecule has 3 aromatic rings. The first kappa shape index (κ1) is 18.8. The lowest BCUT2D eigenvalue weighted by atomic mass is 9.88. The van der Waals surface area contributed by atoms with Crippen molar-refractivity contribution in [1.82, 2.24) is 19.5 Å². The molecule has 0 radical (unpaired) electrons. The van der Waals surface area contributed by atoms with E-state index in [1.54, 1.807) is 6.20 Å². The number of aromatic nitrogens is 4. The molecule has 1 aromatic carbocycles. The molecule has 0 atom stereocenters. The number of nitrogens with one attached hydrogen (secondary N) is 2. The van der Waals surface area contributed by atoms with Crippen LogP contribution in [0.15, 0.2) is 49.1 Å². The predicted octanol–water partition coefficient (Wildman–Crippen LogP) is 3.41. The van der Waals surface area contributed by atoms with Gasteiger partial charge in [0.2, 0.25) is 5.91 Å². The van der Waals surface area contributed by atoms with Crippen LogP contribution >= 0.6 is 0 Å². The highest BCUT2D eigenvalue weighted by atomic mass is 16.2. The van der Waals surface area contributed by atoms with Gasteiger partial charge in [0, 0.05) is 48.6 Å². The van der Waals surface area contributed by atoms with Crippen LogP contribution in [0.25, 0.3) is 5.82 Å². The minimum Gasteiger partial charge on any atom is -0.340 e. The molecule has 1 aliphatic rings. The molecule has 1 amide bonds. The van der Waals surface area contributed by atoms with E-state index >= 15 is 0 Å². The van der Waals surface area contributed by atoms with Gasteiger partial charge in [-0.15, -0.1) is 0 Å². The molecule has 1 fully saturated rings. The largest absolute Gasteiger partial charge is 0.340 e. The van der Waals surface area contributed by atoms with E-state index in [0.717, 1.165) is 23.0 Å². The maximum absolute atomic E-state index is 12.4. The summed E-state index contributed by atoms with van der Waals surface area (Å²) in [5.74, 6) is 2.38. The zero-order chi connectivity index (χ0) is 20.2. The lowest BCUT2D eigenvalue weighted by Gasteiger charge is -2.20. The van der Waals surface area contributed by atoms with Gasteiger partial charge < -0.3 is 10.6 Å². The van der Waals surface area contributed by atoms with Crippen molar-refractivity contribution < 1.29 is 9.59 Å². The number of hydrogen-bond acceptors (Lipinski definition) is 6. The fourth-order valence-corrected chi connectivity index (χ4v) is 3.40. The molecule has 1 saturated carbocycles. The van der Waals surface area contributed by atoms with Crippen LogP contribution in [-0.2, 0) is 9.59 Å². The van der Waals surface area contributed by atoms with Gasteiger partial charge in [0.05, 0.1) is 0 Å². The molecule has 2 aromatic heterocycles. The van der Waals surface area contributed by atoms with Crippen LogP contribution in [0.2, 0.25) is 0 Å². The van der Waals surface area contributed by atoms with E-state index in [0.29, 0.717) is 31.5 Å². The van der Waals surface area contributed by atoms with Crippen LogP contribution in [-0.4, -0.2) is 31.2 Å². The Bertz CT molecular complexity index is 1020. The number of carbonyl (C=O) groups is 2. The Hall–Kier alpha value is -3.55. The highest BCUT2D eigenvalue weighted by molar-refractivity contribution is 5.94. The maximum Gasteiger partial charge on any atom is 0.227 e. The number of Topliss-reactive ketones (excluding diaryl/α,β-unsaturated/α-hetero) is 1. The molecule has 0 spiro atoms. The summed E-state index contributed by atoms with van der Waals surface area (Å²) in [5.41, 5.74) is 1.58. The summed E-state index contributed by atoms with van der Waals surface area (Å²) >= 11 is 0. The molecule has 148 valence electrons. The van der Waals surface area contributed by atoms with E-state index in [1.165, 1.54) is 6.33 Å². The monoisotopic (exact) mass is 390 g/mol. The third kappa shape index (κ3) is 4.48. The summed E-state index contributed by atoms with van der Waals surface area (Å²) in [7, 11) is 0. The molecule has 8 heteroatoms. The van der Waals surface area contributed by atoms with Crippen molar-refractivity contribution in [1.29, 1.82) is 0 Å². The van der Waals surface area contributed by atoms with Crippen LogP contribution in [0.3, 0.4) is 0 Å². The number of amides is 1. The molecule has 1 aliphatic carbocycles. The molecule has 2 heterocycles. The molecule has 29 heavy (non-hydrogen) atoms. The molecular weight excluding hydrogens is 368 g/mol. The summed E-state index contributed by atoms with van der Waals surface area (Å²) in [6.07, 6.45) is 7.35. The first-order valence-electron chi connectivity index (χ1n) is 9.60. The standard InChI is InChI=1S/C21H22N6O2/c1-14-22-10-11-27(14)20-12-19(23-13-24-20)25-16-4-6-17(7-5-16)26-21(29)15-2-8-18(28)9-3-15/h4-7,10-13,15H,2-3,8-9H2,1H3,(H,26,29)(H,23,24,25). The molecule has 0 aliphatic heterocycles. The first-order valence-corrected chi connectivity index (χ1v) is 9.60. The zero-order valence-electron chi connectivity index (χ0n) is 16.1. The van der Waals surface area contributed by atoms with Crippen LogP contribution in [0.5, 0.6) is 0 Å². The van der Waals surface area contributed by atoms with E-state index in [-0.39, 0.29) is 17.6 Å². The van der Waals surface area contributed by atoms with Crippen molar-refractivity contribution >= 4 is 28.9 Å². The SMILES string of the molecule is Cc1nccn1-c1cc(Nc2ccc(NC(=O)C3CCC(=O)CC3)cc2)ncn1. The van der Waals surface area contributed by atoms with Crippen molar-refractivity contribution in [2.24, 2.45) is 5.92 Å². The molecule has 2 N–H and O–H groups in total. The molecule has 0 unspecified atom stereocenters. The number of carbonyl (C=O) groups excluding carboxylic acids is 2. The third-order valence-corrected chi connectivity index (χ3v) is 5.06.